The van der Waals surface area contributed by atoms with Gasteiger partial charge in [0.25, 0.3) is 5.91 Å². The van der Waals surface area contributed by atoms with Gasteiger partial charge >= 0.3 is 5.97 Å². The molecular formula is C23H19NO3. The highest BCUT2D eigenvalue weighted by Crippen LogP contribution is 2.33. The highest BCUT2D eigenvalue weighted by Gasteiger charge is 2.26. The summed E-state index contributed by atoms with van der Waals surface area (Å²) >= 11 is 0. The number of fused-ring (bicyclic) bond motifs is 1. The SMILES string of the molecule is O=C(OCC(=O)N1CCc2ccccc21)c1ccc2c3c(cccc13)CC2. The van der Waals surface area contributed by atoms with Crippen LogP contribution in [0.3, 0.4) is 0 Å². The minimum absolute atomic E-state index is 0.181. The molecule has 0 radical (unpaired) electrons. The van der Waals surface area contributed by atoms with Crippen LogP contribution in [0.2, 0.25) is 0 Å². The number of hydrogen-bond acceptors (Lipinski definition) is 3. The van der Waals surface area contributed by atoms with Crippen molar-refractivity contribution < 1.29 is 14.3 Å². The number of esters is 1. The topological polar surface area (TPSA) is 46.6 Å². The molecule has 2 aliphatic rings. The molecule has 0 fully saturated rings. The third-order valence-corrected chi connectivity index (χ3v) is 5.61. The van der Waals surface area contributed by atoms with Crippen LogP contribution >= 0.6 is 0 Å². The number of carbonyl (C=O) groups excluding carboxylic acids is 2. The van der Waals surface area contributed by atoms with Crippen LogP contribution < -0.4 is 4.90 Å². The Kier molecular flexibility index (Phi) is 3.71. The Hall–Kier alpha value is -3.14. The smallest absolute Gasteiger partial charge is 0.339 e. The minimum atomic E-state index is -0.438. The second-order valence-corrected chi connectivity index (χ2v) is 7.11. The number of anilines is 1. The van der Waals surface area contributed by atoms with E-state index in [1.165, 1.54) is 16.5 Å². The number of hydrogen-bond donors (Lipinski definition) is 0. The molecule has 0 N–H and O–H groups in total. The minimum Gasteiger partial charge on any atom is -0.452 e. The molecule has 1 aliphatic heterocycles. The summed E-state index contributed by atoms with van der Waals surface area (Å²) in [5.41, 5.74) is 5.17. The van der Waals surface area contributed by atoms with Crippen LogP contribution in [0.15, 0.2) is 54.6 Å². The fraction of sp³-hybridized carbons (Fsp3) is 0.217. The maximum atomic E-state index is 12.7. The van der Waals surface area contributed by atoms with Crippen LogP contribution in [0.25, 0.3) is 10.8 Å². The fourth-order valence-electron chi connectivity index (χ4n) is 4.31. The molecule has 4 heteroatoms. The average Bonchev–Trinajstić information content (AvgIpc) is 3.32. The second-order valence-electron chi connectivity index (χ2n) is 7.11. The molecule has 0 aromatic heterocycles. The van der Waals surface area contributed by atoms with E-state index < -0.39 is 5.97 Å². The zero-order chi connectivity index (χ0) is 18.4. The molecule has 27 heavy (non-hydrogen) atoms. The van der Waals surface area contributed by atoms with E-state index in [0.29, 0.717) is 12.1 Å². The van der Waals surface area contributed by atoms with Crippen molar-refractivity contribution in [3.8, 4) is 0 Å². The number of amides is 1. The Balaban J connectivity index is 1.35. The summed E-state index contributed by atoms with van der Waals surface area (Å²) in [5.74, 6) is -0.620. The van der Waals surface area contributed by atoms with Gasteiger partial charge in [0.1, 0.15) is 0 Å². The lowest BCUT2D eigenvalue weighted by Crippen LogP contribution is -2.33. The van der Waals surface area contributed by atoms with E-state index in [4.69, 9.17) is 4.74 Å². The standard InChI is InChI=1S/C23H19NO3/c25-21(24-13-12-15-4-1-2-7-20(15)24)14-27-23(26)19-11-10-17-9-8-16-5-3-6-18(19)22(16)17/h1-7,10-11H,8-9,12-14H2. The number of para-hydroxylation sites is 1. The molecule has 1 amide bonds. The molecule has 1 heterocycles. The maximum Gasteiger partial charge on any atom is 0.339 e. The Morgan fingerprint density at radius 2 is 1.63 bits per heavy atom. The Bertz CT molecular complexity index is 1080. The van der Waals surface area contributed by atoms with E-state index in [0.717, 1.165) is 35.9 Å². The van der Waals surface area contributed by atoms with E-state index in [1.807, 2.05) is 48.5 Å². The van der Waals surface area contributed by atoms with Gasteiger partial charge < -0.3 is 9.64 Å². The van der Waals surface area contributed by atoms with E-state index in [2.05, 4.69) is 6.07 Å². The normalized spacial score (nSPS) is 14.4. The lowest BCUT2D eigenvalue weighted by atomic mass is 10.00. The fourth-order valence-corrected chi connectivity index (χ4v) is 4.31. The summed E-state index contributed by atoms with van der Waals surface area (Å²) in [7, 11) is 0. The summed E-state index contributed by atoms with van der Waals surface area (Å²) in [6.07, 6.45) is 2.86. The van der Waals surface area contributed by atoms with Crippen molar-refractivity contribution in [2.45, 2.75) is 19.3 Å². The van der Waals surface area contributed by atoms with Gasteiger partial charge in [-0.2, -0.15) is 0 Å². The third kappa shape index (κ3) is 2.60. The van der Waals surface area contributed by atoms with E-state index in [1.54, 1.807) is 4.90 Å². The average molecular weight is 357 g/mol. The van der Waals surface area contributed by atoms with Gasteiger partial charge in [-0.15, -0.1) is 0 Å². The first-order chi connectivity index (χ1) is 13.2. The Labute approximate surface area is 157 Å². The lowest BCUT2D eigenvalue weighted by molar-refractivity contribution is -0.121. The monoisotopic (exact) mass is 357 g/mol. The van der Waals surface area contributed by atoms with Crippen molar-refractivity contribution in [1.82, 2.24) is 0 Å². The van der Waals surface area contributed by atoms with Crippen molar-refractivity contribution in [1.29, 1.82) is 0 Å². The number of nitrogens with zero attached hydrogens (tertiary/aromatic N) is 1. The van der Waals surface area contributed by atoms with Crippen molar-refractivity contribution in [2.75, 3.05) is 18.1 Å². The Morgan fingerprint density at radius 3 is 2.52 bits per heavy atom. The predicted octanol–water partition coefficient (Wildman–Crippen LogP) is 3.68. The molecule has 4 nitrogen and oxygen atoms in total. The van der Waals surface area contributed by atoms with E-state index in [-0.39, 0.29) is 12.5 Å². The largest absolute Gasteiger partial charge is 0.452 e. The van der Waals surface area contributed by atoms with Gasteiger partial charge in [-0.05, 0) is 58.9 Å². The second kappa shape index (κ2) is 6.23. The van der Waals surface area contributed by atoms with Crippen molar-refractivity contribution in [3.63, 3.8) is 0 Å². The quantitative estimate of drug-likeness (QED) is 0.672. The summed E-state index contributed by atoms with van der Waals surface area (Å²) in [5, 5.41) is 2.10. The molecular weight excluding hydrogens is 338 g/mol. The number of rotatable bonds is 3. The van der Waals surface area contributed by atoms with Gasteiger partial charge in [-0.25, -0.2) is 4.79 Å². The molecule has 0 spiro atoms. The first kappa shape index (κ1) is 16.1. The van der Waals surface area contributed by atoms with Crippen LogP contribution in [0.1, 0.15) is 27.0 Å². The van der Waals surface area contributed by atoms with Gasteiger partial charge in [-0.1, -0.05) is 42.5 Å². The summed E-state index contributed by atoms with van der Waals surface area (Å²) < 4.78 is 5.40. The number of carbonyl (C=O) groups is 2. The van der Waals surface area contributed by atoms with Crippen LogP contribution in [-0.2, 0) is 28.8 Å². The van der Waals surface area contributed by atoms with Gasteiger partial charge in [0.2, 0.25) is 0 Å². The van der Waals surface area contributed by atoms with Gasteiger partial charge in [0.05, 0.1) is 5.56 Å². The van der Waals surface area contributed by atoms with Crippen molar-refractivity contribution in [3.05, 3.63) is 76.9 Å². The molecule has 3 aromatic rings. The number of ether oxygens (including phenoxy) is 1. The van der Waals surface area contributed by atoms with Crippen LogP contribution in [0, 0.1) is 0 Å². The zero-order valence-electron chi connectivity index (χ0n) is 14.9. The van der Waals surface area contributed by atoms with E-state index in [9.17, 15) is 9.59 Å². The zero-order valence-corrected chi connectivity index (χ0v) is 14.9. The predicted molar refractivity (Wildman–Crippen MR) is 104 cm³/mol. The molecule has 3 aromatic carbocycles. The third-order valence-electron chi connectivity index (χ3n) is 5.61. The molecule has 0 saturated carbocycles. The molecule has 0 bridgehead atoms. The highest BCUT2D eigenvalue weighted by atomic mass is 16.5. The first-order valence-electron chi connectivity index (χ1n) is 9.31. The highest BCUT2D eigenvalue weighted by molar-refractivity contribution is 6.08. The molecule has 134 valence electrons. The van der Waals surface area contributed by atoms with Gasteiger partial charge in [0, 0.05) is 12.2 Å². The molecule has 0 saturated heterocycles. The van der Waals surface area contributed by atoms with Crippen LogP contribution in [0.5, 0.6) is 0 Å². The van der Waals surface area contributed by atoms with Crippen molar-refractivity contribution in [2.24, 2.45) is 0 Å². The summed E-state index contributed by atoms with van der Waals surface area (Å²) in [6, 6.07) is 17.7. The van der Waals surface area contributed by atoms with Gasteiger partial charge in [0.15, 0.2) is 6.61 Å². The van der Waals surface area contributed by atoms with Gasteiger partial charge in [-0.3, -0.25) is 4.79 Å². The number of benzene rings is 3. The molecule has 0 unspecified atom stereocenters. The van der Waals surface area contributed by atoms with E-state index >= 15 is 0 Å². The summed E-state index contributed by atoms with van der Waals surface area (Å²) in [4.78, 5) is 27.0. The summed E-state index contributed by atoms with van der Waals surface area (Å²) in [6.45, 7) is 0.396. The van der Waals surface area contributed by atoms with Crippen LogP contribution in [-0.4, -0.2) is 25.0 Å². The Morgan fingerprint density at radius 1 is 0.852 bits per heavy atom. The van der Waals surface area contributed by atoms with Crippen molar-refractivity contribution >= 4 is 28.3 Å². The van der Waals surface area contributed by atoms with Crippen LogP contribution in [0.4, 0.5) is 5.69 Å². The first-order valence-corrected chi connectivity index (χ1v) is 9.31. The molecule has 1 aliphatic carbocycles. The lowest BCUT2D eigenvalue weighted by Gasteiger charge is -2.17. The molecule has 0 atom stereocenters. The number of aryl methyl sites for hydroxylation is 2. The molecule has 5 rings (SSSR count). The maximum absolute atomic E-state index is 12.7.